The number of likely N-dealkylation sites (N-methyl/N-ethyl adjacent to an activating group) is 1. The van der Waals surface area contributed by atoms with E-state index >= 15 is 0 Å². The lowest BCUT2D eigenvalue weighted by molar-refractivity contribution is -0.121. The molecule has 0 saturated carbocycles. The highest BCUT2D eigenvalue weighted by atomic mass is 32.1. The Balaban J connectivity index is 2.46. The Morgan fingerprint density at radius 2 is 2.33 bits per heavy atom. The Morgan fingerprint density at radius 1 is 1.56 bits per heavy atom. The Morgan fingerprint density at radius 3 is 3.00 bits per heavy atom. The molecule has 1 amide bonds. The Kier molecular flexibility index (Phi) is 6.26. The highest BCUT2D eigenvalue weighted by molar-refractivity contribution is 7.80. The average molecular weight is 263 g/mol. The fourth-order valence-corrected chi connectivity index (χ4v) is 1.71. The normalized spacial score (nSPS) is 10.1. The minimum absolute atomic E-state index is 0.0111. The van der Waals surface area contributed by atoms with Crippen LogP contribution in [0.25, 0.3) is 0 Å². The molecule has 1 N–H and O–H groups in total. The van der Waals surface area contributed by atoms with Crippen molar-refractivity contribution in [3.63, 3.8) is 0 Å². The second-order valence-corrected chi connectivity index (χ2v) is 4.51. The molecule has 0 unspecified atom stereocenters. The zero-order valence-electron chi connectivity index (χ0n) is 10.4. The number of carbonyl (C=O) groups is 1. The third-order valence-corrected chi connectivity index (χ3v) is 2.58. The molecule has 0 aliphatic heterocycles. The van der Waals surface area contributed by atoms with E-state index < -0.39 is 0 Å². The number of hydrogen-bond donors (Lipinski definition) is 2. The van der Waals surface area contributed by atoms with Crippen molar-refractivity contribution in [2.75, 3.05) is 25.9 Å². The molecule has 1 aromatic rings. The van der Waals surface area contributed by atoms with Crippen LogP contribution in [0.3, 0.4) is 0 Å². The summed E-state index contributed by atoms with van der Waals surface area (Å²) in [5.41, 5.74) is 1.67. The van der Waals surface area contributed by atoms with Gasteiger partial charge in [0.1, 0.15) is 0 Å². The zero-order chi connectivity index (χ0) is 13.4. The molecule has 0 aromatic heterocycles. The monoisotopic (exact) mass is 263 g/mol. The van der Waals surface area contributed by atoms with Gasteiger partial charge in [-0.3, -0.25) is 9.69 Å². The SMILES string of the molecule is CN(CC(=O)NCCS)Cc1cccc(C#N)c1. The molecular formula is C13H17N3OS. The van der Waals surface area contributed by atoms with Crippen molar-refractivity contribution in [2.45, 2.75) is 6.54 Å². The van der Waals surface area contributed by atoms with Crippen LogP contribution in [0.4, 0.5) is 0 Å². The Hall–Kier alpha value is -1.51. The van der Waals surface area contributed by atoms with E-state index in [2.05, 4.69) is 24.0 Å². The van der Waals surface area contributed by atoms with Crippen LogP contribution < -0.4 is 5.32 Å². The number of rotatable bonds is 6. The highest BCUT2D eigenvalue weighted by Crippen LogP contribution is 2.06. The van der Waals surface area contributed by atoms with Gasteiger partial charge in [0.05, 0.1) is 18.2 Å². The minimum Gasteiger partial charge on any atom is -0.354 e. The molecule has 4 nitrogen and oxygen atoms in total. The van der Waals surface area contributed by atoms with Gasteiger partial charge in [-0.2, -0.15) is 17.9 Å². The summed E-state index contributed by atoms with van der Waals surface area (Å²) >= 11 is 4.03. The van der Waals surface area contributed by atoms with Crippen LogP contribution in [-0.4, -0.2) is 36.7 Å². The van der Waals surface area contributed by atoms with Gasteiger partial charge in [0, 0.05) is 18.8 Å². The fraction of sp³-hybridized carbons (Fsp3) is 0.385. The molecule has 5 heteroatoms. The predicted octanol–water partition coefficient (Wildman–Crippen LogP) is 1.04. The van der Waals surface area contributed by atoms with Crippen LogP contribution in [-0.2, 0) is 11.3 Å². The summed E-state index contributed by atoms with van der Waals surface area (Å²) in [4.78, 5) is 13.4. The summed E-state index contributed by atoms with van der Waals surface area (Å²) in [6, 6.07) is 9.50. The number of nitriles is 1. The van der Waals surface area contributed by atoms with Crippen LogP contribution in [0.1, 0.15) is 11.1 Å². The van der Waals surface area contributed by atoms with Crippen molar-refractivity contribution >= 4 is 18.5 Å². The van der Waals surface area contributed by atoms with Gasteiger partial charge in [-0.25, -0.2) is 0 Å². The number of thiol groups is 1. The van der Waals surface area contributed by atoms with Gasteiger partial charge < -0.3 is 5.32 Å². The molecule has 1 aromatic carbocycles. The van der Waals surface area contributed by atoms with E-state index in [-0.39, 0.29) is 5.91 Å². The second kappa shape index (κ2) is 7.75. The average Bonchev–Trinajstić information content (AvgIpc) is 2.36. The number of amides is 1. The summed E-state index contributed by atoms with van der Waals surface area (Å²) in [6.45, 7) is 1.56. The summed E-state index contributed by atoms with van der Waals surface area (Å²) < 4.78 is 0. The van der Waals surface area contributed by atoms with Crippen molar-refractivity contribution < 1.29 is 4.79 Å². The molecule has 0 bridgehead atoms. The fourth-order valence-electron chi connectivity index (χ4n) is 1.60. The molecule has 0 aliphatic rings. The first-order valence-corrected chi connectivity index (χ1v) is 6.34. The van der Waals surface area contributed by atoms with Crippen LogP contribution in [0.2, 0.25) is 0 Å². The number of nitrogens with zero attached hydrogens (tertiary/aromatic N) is 2. The molecule has 0 radical (unpaired) electrons. The molecular weight excluding hydrogens is 246 g/mol. The zero-order valence-corrected chi connectivity index (χ0v) is 11.3. The number of nitrogens with one attached hydrogen (secondary N) is 1. The third kappa shape index (κ3) is 5.21. The van der Waals surface area contributed by atoms with Crippen LogP contribution in [0, 0.1) is 11.3 Å². The van der Waals surface area contributed by atoms with Gasteiger partial charge in [0.25, 0.3) is 0 Å². The molecule has 1 rings (SSSR count). The van der Waals surface area contributed by atoms with Crippen molar-refractivity contribution in [1.29, 1.82) is 5.26 Å². The standard InChI is InChI=1S/C13H17N3OS/c1-16(10-13(17)15-5-6-18)9-12-4-2-3-11(7-12)8-14/h2-4,7,18H,5-6,9-10H2,1H3,(H,15,17). The lowest BCUT2D eigenvalue weighted by atomic mass is 10.1. The van der Waals surface area contributed by atoms with Gasteiger partial charge in [-0.05, 0) is 24.7 Å². The third-order valence-electron chi connectivity index (χ3n) is 2.36. The van der Waals surface area contributed by atoms with Gasteiger partial charge in [-0.15, -0.1) is 0 Å². The van der Waals surface area contributed by atoms with Crippen LogP contribution in [0.5, 0.6) is 0 Å². The summed E-state index contributed by atoms with van der Waals surface area (Å²) in [5, 5.41) is 11.6. The van der Waals surface area contributed by atoms with Gasteiger partial charge in [0.2, 0.25) is 5.91 Å². The Labute approximate surface area is 113 Å². The quantitative estimate of drug-likeness (QED) is 0.754. The molecule has 0 heterocycles. The Bertz CT molecular complexity index is 442. The van der Waals surface area contributed by atoms with E-state index in [1.807, 2.05) is 30.1 Å². The van der Waals surface area contributed by atoms with Crippen molar-refractivity contribution in [3.05, 3.63) is 35.4 Å². The molecule has 96 valence electrons. The first-order chi connectivity index (χ1) is 8.65. The summed E-state index contributed by atoms with van der Waals surface area (Å²) in [6.07, 6.45) is 0. The number of hydrogen-bond acceptors (Lipinski definition) is 4. The molecule has 0 atom stereocenters. The first-order valence-electron chi connectivity index (χ1n) is 5.71. The topological polar surface area (TPSA) is 56.1 Å². The van der Waals surface area contributed by atoms with Gasteiger partial charge in [-0.1, -0.05) is 12.1 Å². The second-order valence-electron chi connectivity index (χ2n) is 4.06. The molecule has 0 fully saturated rings. The van der Waals surface area contributed by atoms with E-state index in [0.717, 1.165) is 5.56 Å². The molecule has 0 aliphatic carbocycles. The maximum atomic E-state index is 11.5. The maximum Gasteiger partial charge on any atom is 0.234 e. The number of benzene rings is 1. The highest BCUT2D eigenvalue weighted by Gasteiger charge is 2.06. The van der Waals surface area contributed by atoms with Crippen molar-refractivity contribution in [1.82, 2.24) is 10.2 Å². The van der Waals surface area contributed by atoms with E-state index in [4.69, 9.17) is 5.26 Å². The lowest BCUT2D eigenvalue weighted by Gasteiger charge is -2.16. The van der Waals surface area contributed by atoms with E-state index in [0.29, 0.717) is 31.0 Å². The summed E-state index contributed by atoms with van der Waals surface area (Å²) in [5.74, 6) is 0.627. The van der Waals surface area contributed by atoms with Gasteiger partial charge >= 0.3 is 0 Å². The minimum atomic E-state index is -0.0111. The lowest BCUT2D eigenvalue weighted by Crippen LogP contribution is -2.35. The van der Waals surface area contributed by atoms with E-state index in [1.54, 1.807) is 6.07 Å². The first kappa shape index (κ1) is 14.6. The number of carbonyl (C=O) groups excluding carboxylic acids is 1. The molecule has 0 saturated heterocycles. The van der Waals surface area contributed by atoms with Crippen molar-refractivity contribution in [3.8, 4) is 6.07 Å². The van der Waals surface area contributed by atoms with E-state index in [1.165, 1.54) is 0 Å². The molecule has 18 heavy (non-hydrogen) atoms. The predicted molar refractivity (Wildman–Crippen MR) is 74.4 cm³/mol. The van der Waals surface area contributed by atoms with E-state index in [9.17, 15) is 4.79 Å². The van der Waals surface area contributed by atoms with Crippen LogP contribution >= 0.6 is 12.6 Å². The van der Waals surface area contributed by atoms with Crippen molar-refractivity contribution in [2.24, 2.45) is 0 Å². The molecule has 0 spiro atoms. The maximum absolute atomic E-state index is 11.5. The smallest absolute Gasteiger partial charge is 0.234 e. The van der Waals surface area contributed by atoms with Gasteiger partial charge in [0.15, 0.2) is 0 Å². The van der Waals surface area contributed by atoms with Crippen LogP contribution in [0.15, 0.2) is 24.3 Å². The largest absolute Gasteiger partial charge is 0.354 e. The summed E-state index contributed by atoms with van der Waals surface area (Å²) in [7, 11) is 1.87.